The molecular weight excluding hydrogens is 331 g/mol. The molecule has 2 nitrogen and oxygen atoms in total. The van der Waals surface area contributed by atoms with E-state index in [1.807, 2.05) is 19.1 Å². The number of halogens is 2. The lowest BCUT2D eigenvalue weighted by molar-refractivity contribution is 0.0941. The Hall–Kier alpha value is -0.450. The van der Waals surface area contributed by atoms with Crippen LogP contribution in [0.25, 0.3) is 0 Å². The Labute approximate surface area is 136 Å². The molecule has 21 heavy (non-hydrogen) atoms. The monoisotopic (exact) mass is 356 g/mol. The second-order valence-electron chi connectivity index (χ2n) is 6.99. The average molecular weight is 357 g/mol. The van der Waals surface area contributed by atoms with E-state index in [1.165, 1.54) is 6.07 Å². The molecule has 0 saturated carbocycles. The molecule has 1 unspecified atom stereocenters. The van der Waals surface area contributed by atoms with Gasteiger partial charge in [-0.15, -0.1) is 0 Å². The molecule has 0 amide bonds. The van der Waals surface area contributed by atoms with Gasteiger partial charge in [-0.05, 0) is 52.7 Å². The zero-order valence-corrected chi connectivity index (χ0v) is 15.0. The topological polar surface area (TPSA) is 15.3 Å². The highest BCUT2D eigenvalue weighted by atomic mass is 79.9. The molecule has 2 rings (SSSR count). The van der Waals surface area contributed by atoms with E-state index in [9.17, 15) is 4.39 Å². The van der Waals surface area contributed by atoms with Gasteiger partial charge < -0.3 is 5.32 Å². The molecule has 1 saturated heterocycles. The lowest BCUT2D eigenvalue weighted by Gasteiger charge is -2.41. The molecule has 1 aliphatic heterocycles. The molecule has 1 N–H and O–H groups in total. The number of likely N-dealkylation sites (tertiary alicyclic amines) is 1. The second-order valence-corrected chi connectivity index (χ2v) is 7.90. The first kappa shape index (κ1) is 16.9. The third kappa shape index (κ3) is 4.51. The zero-order chi connectivity index (χ0) is 15.6. The third-order valence-electron chi connectivity index (χ3n) is 4.36. The SMILES string of the molecule is CC(NC1CCN(C(C)(C)C)CC1)c1ccc(Br)cc1F. The summed E-state index contributed by atoms with van der Waals surface area (Å²) in [4.78, 5) is 2.52. The van der Waals surface area contributed by atoms with E-state index in [2.05, 4.69) is 46.9 Å². The van der Waals surface area contributed by atoms with E-state index in [4.69, 9.17) is 0 Å². The van der Waals surface area contributed by atoms with Crippen molar-refractivity contribution >= 4 is 15.9 Å². The van der Waals surface area contributed by atoms with Crippen LogP contribution < -0.4 is 5.32 Å². The van der Waals surface area contributed by atoms with Crippen molar-refractivity contribution in [2.45, 2.75) is 58.2 Å². The zero-order valence-electron chi connectivity index (χ0n) is 13.4. The van der Waals surface area contributed by atoms with Crippen molar-refractivity contribution < 1.29 is 4.39 Å². The molecule has 0 bridgehead atoms. The van der Waals surface area contributed by atoms with Gasteiger partial charge in [-0.2, -0.15) is 0 Å². The maximum Gasteiger partial charge on any atom is 0.129 e. The molecule has 1 aliphatic rings. The molecule has 1 aromatic carbocycles. The van der Waals surface area contributed by atoms with Crippen molar-refractivity contribution in [2.75, 3.05) is 13.1 Å². The number of hydrogen-bond donors (Lipinski definition) is 1. The van der Waals surface area contributed by atoms with Crippen molar-refractivity contribution in [2.24, 2.45) is 0 Å². The van der Waals surface area contributed by atoms with Crippen LogP contribution in [0.2, 0.25) is 0 Å². The Morgan fingerprint density at radius 1 is 1.29 bits per heavy atom. The average Bonchev–Trinajstić information content (AvgIpc) is 2.38. The van der Waals surface area contributed by atoms with Gasteiger partial charge in [-0.1, -0.05) is 22.0 Å². The Morgan fingerprint density at radius 3 is 2.43 bits per heavy atom. The summed E-state index contributed by atoms with van der Waals surface area (Å²) in [7, 11) is 0. The van der Waals surface area contributed by atoms with Gasteiger partial charge in [0.15, 0.2) is 0 Å². The smallest absolute Gasteiger partial charge is 0.129 e. The fraction of sp³-hybridized carbons (Fsp3) is 0.647. The number of piperidine rings is 1. The Balaban J connectivity index is 1.91. The standard InChI is InChI=1S/C17H26BrFN2/c1-12(15-6-5-13(18)11-16(15)19)20-14-7-9-21(10-8-14)17(2,3)4/h5-6,11-12,14,20H,7-10H2,1-4H3. The molecule has 1 heterocycles. The van der Waals surface area contributed by atoms with Gasteiger partial charge in [0, 0.05) is 40.7 Å². The Kier molecular flexibility index (Phi) is 5.44. The minimum atomic E-state index is -0.142. The van der Waals surface area contributed by atoms with E-state index >= 15 is 0 Å². The summed E-state index contributed by atoms with van der Waals surface area (Å²) in [6.45, 7) is 11.1. The summed E-state index contributed by atoms with van der Waals surface area (Å²) < 4.78 is 14.8. The van der Waals surface area contributed by atoms with Gasteiger partial charge in [-0.3, -0.25) is 4.90 Å². The summed E-state index contributed by atoms with van der Waals surface area (Å²) in [5, 5.41) is 3.59. The maximum atomic E-state index is 14.0. The van der Waals surface area contributed by atoms with Gasteiger partial charge >= 0.3 is 0 Å². The van der Waals surface area contributed by atoms with Crippen LogP contribution in [0.15, 0.2) is 22.7 Å². The number of rotatable bonds is 3. The van der Waals surface area contributed by atoms with Crippen molar-refractivity contribution in [3.63, 3.8) is 0 Å². The molecule has 0 aliphatic carbocycles. The van der Waals surface area contributed by atoms with Gasteiger partial charge in [0.05, 0.1) is 0 Å². The highest BCUT2D eigenvalue weighted by Crippen LogP contribution is 2.24. The van der Waals surface area contributed by atoms with E-state index in [0.29, 0.717) is 6.04 Å². The number of hydrogen-bond acceptors (Lipinski definition) is 2. The van der Waals surface area contributed by atoms with Crippen LogP contribution in [0.3, 0.4) is 0 Å². The Morgan fingerprint density at radius 2 is 1.90 bits per heavy atom. The van der Waals surface area contributed by atoms with E-state index in [1.54, 1.807) is 0 Å². The highest BCUT2D eigenvalue weighted by molar-refractivity contribution is 9.10. The molecule has 1 aromatic rings. The minimum absolute atomic E-state index is 0.0456. The molecule has 118 valence electrons. The van der Waals surface area contributed by atoms with Gasteiger partial charge in [0.2, 0.25) is 0 Å². The molecule has 1 atom stereocenters. The third-order valence-corrected chi connectivity index (χ3v) is 4.85. The van der Waals surface area contributed by atoms with Crippen molar-refractivity contribution in [1.82, 2.24) is 10.2 Å². The molecule has 1 fully saturated rings. The maximum absolute atomic E-state index is 14.0. The van der Waals surface area contributed by atoms with Crippen LogP contribution in [0, 0.1) is 5.82 Å². The van der Waals surface area contributed by atoms with E-state index < -0.39 is 0 Å². The van der Waals surface area contributed by atoms with Gasteiger partial charge in [0.25, 0.3) is 0 Å². The summed E-state index contributed by atoms with van der Waals surface area (Å²) in [6.07, 6.45) is 2.25. The fourth-order valence-corrected chi connectivity index (χ4v) is 3.35. The van der Waals surface area contributed by atoms with E-state index in [-0.39, 0.29) is 17.4 Å². The molecule has 0 radical (unpaired) electrons. The minimum Gasteiger partial charge on any atom is -0.307 e. The van der Waals surface area contributed by atoms with Crippen molar-refractivity contribution in [1.29, 1.82) is 0 Å². The predicted molar refractivity (Wildman–Crippen MR) is 90.0 cm³/mol. The van der Waals surface area contributed by atoms with Crippen molar-refractivity contribution in [3.8, 4) is 0 Å². The largest absolute Gasteiger partial charge is 0.307 e. The number of nitrogens with zero attached hydrogens (tertiary/aromatic N) is 1. The summed E-state index contributed by atoms with van der Waals surface area (Å²) in [5.41, 5.74) is 0.991. The van der Waals surface area contributed by atoms with Crippen LogP contribution >= 0.6 is 15.9 Å². The molecule has 4 heteroatoms. The van der Waals surface area contributed by atoms with E-state index in [0.717, 1.165) is 36.0 Å². The van der Waals surface area contributed by atoms with Crippen LogP contribution in [-0.4, -0.2) is 29.6 Å². The van der Waals surface area contributed by atoms with Crippen LogP contribution in [-0.2, 0) is 0 Å². The lowest BCUT2D eigenvalue weighted by atomic mass is 9.97. The highest BCUT2D eigenvalue weighted by Gasteiger charge is 2.27. The van der Waals surface area contributed by atoms with Crippen molar-refractivity contribution in [3.05, 3.63) is 34.1 Å². The fourth-order valence-electron chi connectivity index (χ4n) is 3.01. The normalized spacial score (nSPS) is 19.7. The van der Waals surface area contributed by atoms with Crippen LogP contribution in [0.1, 0.15) is 52.1 Å². The van der Waals surface area contributed by atoms with Gasteiger partial charge in [0.1, 0.15) is 5.82 Å². The number of nitrogens with one attached hydrogen (secondary N) is 1. The number of benzene rings is 1. The molecular formula is C17H26BrFN2. The first-order chi connectivity index (χ1) is 9.77. The first-order valence-corrected chi connectivity index (χ1v) is 8.52. The quantitative estimate of drug-likeness (QED) is 0.857. The predicted octanol–water partition coefficient (Wildman–Crippen LogP) is 4.50. The summed E-state index contributed by atoms with van der Waals surface area (Å²) in [6, 6.07) is 5.82. The second kappa shape index (κ2) is 6.76. The Bertz CT molecular complexity index is 476. The van der Waals surface area contributed by atoms with Crippen LogP contribution in [0.4, 0.5) is 4.39 Å². The van der Waals surface area contributed by atoms with Crippen LogP contribution in [0.5, 0.6) is 0 Å². The summed E-state index contributed by atoms with van der Waals surface area (Å²) >= 11 is 3.30. The summed E-state index contributed by atoms with van der Waals surface area (Å²) in [5.74, 6) is -0.142. The molecule has 0 aromatic heterocycles. The lowest BCUT2D eigenvalue weighted by Crippen LogP contribution is -2.50. The van der Waals surface area contributed by atoms with Gasteiger partial charge in [-0.25, -0.2) is 4.39 Å². The first-order valence-electron chi connectivity index (χ1n) is 7.73. The molecule has 0 spiro atoms.